The van der Waals surface area contributed by atoms with E-state index in [2.05, 4.69) is 19.7 Å². The van der Waals surface area contributed by atoms with Gasteiger partial charge in [-0.3, -0.25) is 0 Å². The normalized spacial score (nSPS) is 7.87. The largest absolute Gasteiger partial charge is 0.362 e. The molecule has 76 valence electrons. The van der Waals surface area contributed by atoms with Crippen molar-refractivity contribution in [2.45, 2.75) is 0 Å². The fraction of sp³-hybridized carbons (Fsp3) is 0.167. The zero-order chi connectivity index (χ0) is 11.7. The second-order valence-corrected chi connectivity index (χ2v) is 2.67. The molecular weight excluding hydrogens is 186 g/mol. The van der Waals surface area contributed by atoms with Gasteiger partial charge >= 0.3 is 0 Å². The second-order valence-electron chi connectivity index (χ2n) is 2.67. The quantitative estimate of drug-likeness (QED) is 0.374. The van der Waals surface area contributed by atoms with E-state index in [4.69, 9.17) is 10.5 Å². The molecule has 0 N–H and O–H groups in total. The molecular formula is C12H13N3. The SMILES string of the molecule is C=CCN(CC=C)C(C=C)=C(C#N)C#N. The third-order valence-electron chi connectivity index (χ3n) is 1.71. The Balaban J connectivity index is 5.23. The van der Waals surface area contributed by atoms with E-state index in [0.29, 0.717) is 18.8 Å². The van der Waals surface area contributed by atoms with Crippen molar-refractivity contribution in [1.29, 1.82) is 10.5 Å². The molecule has 15 heavy (non-hydrogen) atoms. The minimum absolute atomic E-state index is 0.0497. The van der Waals surface area contributed by atoms with Crippen molar-refractivity contribution >= 4 is 0 Å². The van der Waals surface area contributed by atoms with Crippen molar-refractivity contribution in [3.05, 3.63) is 49.2 Å². The lowest BCUT2D eigenvalue weighted by Crippen LogP contribution is -2.23. The highest BCUT2D eigenvalue weighted by Gasteiger charge is 2.09. The van der Waals surface area contributed by atoms with Gasteiger partial charge in [-0.1, -0.05) is 18.7 Å². The van der Waals surface area contributed by atoms with E-state index < -0.39 is 0 Å². The summed E-state index contributed by atoms with van der Waals surface area (Å²) >= 11 is 0. The molecule has 0 aliphatic heterocycles. The molecule has 0 bridgehead atoms. The van der Waals surface area contributed by atoms with Crippen LogP contribution < -0.4 is 0 Å². The summed E-state index contributed by atoms with van der Waals surface area (Å²) in [5, 5.41) is 17.5. The van der Waals surface area contributed by atoms with E-state index in [1.807, 2.05) is 12.1 Å². The highest BCUT2D eigenvalue weighted by atomic mass is 15.1. The summed E-state index contributed by atoms with van der Waals surface area (Å²) in [6, 6.07) is 3.67. The molecule has 0 saturated heterocycles. The molecule has 0 saturated carbocycles. The molecule has 0 radical (unpaired) electrons. The lowest BCUT2D eigenvalue weighted by molar-refractivity contribution is 0.434. The first-order chi connectivity index (χ1) is 7.24. The van der Waals surface area contributed by atoms with E-state index in [9.17, 15) is 0 Å². The zero-order valence-electron chi connectivity index (χ0n) is 8.61. The topological polar surface area (TPSA) is 50.8 Å². The van der Waals surface area contributed by atoms with Gasteiger partial charge in [-0.2, -0.15) is 10.5 Å². The van der Waals surface area contributed by atoms with Gasteiger partial charge in [0, 0.05) is 13.1 Å². The number of allylic oxidation sites excluding steroid dienone is 2. The Bertz CT molecular complexity index is 337. The average molecular weight is 199 g/mol. The van der Waals surface area contributed by atoms with Gasteiger partial charge in [0.2, 0.25) is 0 Å². The van der Waals surface area contributed by atoms with E-state index in [0.717, 1.165) is 0 Å². The number of hydrogen-bond donors (Lipinski definition) is 0. The zero-order valence-corrected chi connectivity index (χ0v) is 8.61. The minimum atomic E-state index is 0.0497. The number of nitriles is 2. The van der Waals surface area contributed by atoms with Gasteiger partial charge in [0.25, 0.3) is 0 Å². The molecule has 0 aliphatic carbocycles. The molecule has 0 heterocycles. The molecule has 0 aliphatic rings. The van der Waals surface area contributed by atoms with Gasteiger partial charge in [-0.25, -0.2) is 0 Å². The number of rotatable bonds is 6. The molecule has 0 fully saturated rings. The average Bonchev–Trinajstić information content (AvgIpc) is 2.25. The van der Waals surface area contributed by atoms with Crippen LogP contribution in [-0.2, 0) is 0 Å². The monoisotopic (exact) mass is 199 g/mol. The maximum Gasteiger partial charge on any atom is 0.152 e. The van der Waals surface area contributed by atoms with Crippen LogP contribution in [0.15, 0.2) is 49.2 Å². The summed E-state index contributed by atoms with van der Waals surface area (Å²) in [6.45, 7) is 11.9. The summed E-state index contributed by atoms with van der Waals surface area (Å²) in [5.41, 5.74) is 0.563. The summed E-state index contributed by atoms with van der Waals surface area (Å²) < 4.78 is 0. The predicted octanol–water partition coefficient (Wildman–Crippen LogP) is 2.15. The van der Waals surface area contributed by atoms with Gasteiger partial charge in [0.05, 0.1) is 5.70 Å². The van der Waals surface area contributed by atoms with Crippen molar-refractivity contribution in [3.63, 3.8) is 0 Å². The molecule has 3 nitrogen and oxygen atoms in total. The Hall–Kier alpha value is -2.26. The maximum absolute atomic E-state index is 8.76. The molecule has 0 atom stereocenters. The Morgan fingerprint density at radius 3 is 1.80 bits per heavy atom. The first-order valence-corrected chi connectivity index (χ1v) is 4.38. The van der Waals surface area contributed by atoms with Gasteiger partial charge in [-0.15, -0.1) is 13.2 Å². The van der Waals surface area contributed by atoms with Crippen molar-refractivity contribution in [2.24, 2.45) is 0 Å². The second kappa shape index (κ2) is 7.17. The maximum atomic E-state index is 8.76. The number of hydrogen-bond acceptors (Lipinski definition) is 3. The number of nitrogens with zero attached hydrogens (tertiary/aromatic N) is 3. The van der Waals surface area contributed by atoms with E-state index in [1.54, 1.807) is 17.1 Å². The van der Waals surface area contributed by atoms with Crippen LogP contribution in [0.1, 0.15) is 0 Å². The molecule has 0 rings (SSSR count). The van der Waals surface area contributed by atoms with E-state index in [-0.39, 0.29) is 5.57 Å². The van der Waals surface area contributed by atoms with Crippen LogP contribution in [0.25, 0.3) is 0 Å². The summed E-state index contributed by atoms with van der Waals surface area (Å²) in [4.78, 5) is 1.80. The molecule has 0 aromatic carbocycles. The molecule has 0 aromatic rings. The van der Waals surface area contributed by atoms with Crippen LogP contribution >= 0.6 is 0 Å². The fourth-order valence-corrected chi connectivity index (χ4v) is 1.11. The Morgan fingerprint density at radius 2 is 1.53 bits per heavy atom. The van der Waals surface area contributed by atoms with Crippen LogP contribution in [0.5, 0.6) is 0 Å². The van der Waals surface area contributed by atoms with Crippen molar-refractivity contribution in [2.75, 3.05) is 13.1 Å². The third-order valence-corrected chi connectivity index (χ3v) is 1.71. The van der Waals surface area contributed by atoms with Crippen molar-refractivity contribution < 1.29 is 0 Å². The molecule has 0 amide bonds. The Kier molecular flexibility index (Phi) is 6.09. The highest BCUT2D eigenvalue weighted by Crippen LogP contribution is 2.11. The highest BCUT2D eigenvalue weighted by molar-refractivity contribution is 5.43. The van der Waals surface area contributed by atoms with Crippen LogP contribution in [0, 0.1) is 22.7 Å². The van der Waals surface area contributed by atoms with Gasteiger partial charge < -0.3 is 4.90 Å². The molecule has 0 aromatic heterocycles. The van der Waals surface area contributed by atoms with Gasteiger partial charge in [0.15, 0.2) is 5.57 Å². The van der Waals surface area contributed by atoms with Crippen molar-refractivity contribution in [3.8, 4) is 12.1 Å². The summed E-state index contributed by atoms with van der Waals surface area (Å²) in [6.07, 6.45) is 4.88. The minimum Gasteiger partial charge on any atom is -0.362 e. The lowest BCUT2D eigenvalue weighted by Gasteiger charge is -2.22. The van der Waals surface area contributed by atoms with Gasteiger partial charge in [-0.05, 0) is 6.08 Å². The molecule has 3 heteroatoms. The molecule has 0 spiro atoms. The van der Waals surface area contributed by atoms with Crippen molar-refractivity contribution in [1.82, 2.24) is 4.90 Å². The van der Waals surface area contributed by atoms with E-state index >= 15 is 0 Å². The fourth-order valence-electron chi connectivity index (χ4n) is 1.11. The Labute approximate surface area is 90.5 Å². The van der Waals surface area contributed by atoms with Crippen LogP contribution in [0.3, 0.4) is 0 Å². The van der Waals surface area contributed by atoms with E-state index in [1.165, 1.54) is 6.08 Å². The standard InChI is InChI=1S/C12H13N3/c1-4-7-15(8-5-2)12(6-3)11(9-13)10-14/h4-6H,1-3,7-8H2. The molecule has 0 unspecified atom stereocenters. The summed E-state index contributed by atoms with van der Waals surface area (Å²) in [7, 11) is 0. The third kappa shape index (κ3) is 3.54. The lowest BCUT2D eigenvalue weighted by atomic mass is 10.2. The van der Waals surface area contributed by atoms with Gasteiger partial charge in [0.1, 0.15) is 12.1 Å². The summed E-state index contributed by atoms with van der Waals surface area (Å²) in [5.74, 6) is 0. The predicted molar refractivity (Wildman–Crippen MR) is 60.4 cm³/mol. The van der Waals surface area contributed by atoms with Crippen LogP contribution in [0.2, 0.25) is 0 Å². The smallest absolute Gasteiger partial charge is 0.152 e. The first-order valence-electron chi connectivity index (χ1n) is 4.38. The van der Waals surface area contributed by atoms with Crippen LogP contribution in [-0.4, -0.2) is 18.0 Å². The Morgan fingerprint density at radius 1 is 1.07 bits per heavy atom. The first kappa shape index (κ1) is 12.7. The van der Waals surface area contributed by atoms with Crippen LogP contribution in [0.4, 0.5) is 0 Å².